The van der Waals surface area contributed by atoms with Gasteiger partial charge in [0.15, 0.2) is 0 Å². The van der Waals surface area contributed by atoms with E-state index in [2.05, 4.69) is 6.07 Å². The van der Waals surface area contributed by atoms with Gasteiger partial charge in [-0.1, -0.05) is 17.7 Å². The van der Waals surface area contributed by atoms with Gasteiger partial charge < -0.3 is 4.90 Å². The molecule has 2 aromatic rings. The van der Waals surface area contributed by atoms with Gasteiger partial charge in [-0.25, -0.2) is 8.78 Å². The molecule has 0 radical (unpaired) electrons. The molecule has 0 atom stereocenters. The van der Waals surface area contributed by atoms with Crippen molar-refractivity contribution in [2.45, 2.75) is 13.8 Å². The van der Waals surface area contributed by atoms with Crippen LogP contribution < -0.4 is 4.90 Å². The van der Waals surface area contributed by atoms with Crippen molar-refractivity contribution in [2.75, 3.05) is 11.4 Å². The molecule has 2 aromatic carbocycles. The maximum absolute atomic E-state index is 13.7. The Morgan fingerprint density at radius 3 is 2.21 bits per heavy atom. The fourth-order valence-electron chi connectivity index (χ4n) is 1.86. The summed E-state index contributed by atoms with van der Waals surface area (Å²) in [5.74, 6) is -1.35. The molecule has 0 amide bonds. The molecule has 19 heavy (non-hydrogen) atoms. The third kappa shape index (κ3) is 3.65. The Labute approximate surface area is 127 Å². The zero-order chi connectivity index (χ0) is 13.1. The van der Waals surface area contributed by atoms with Crippen molar-refractivity contribution in [1.29, 1.82) is 0 Å². The van der Waals surface area contributed by atoms with E-state index in [1.807, 2.05) is 38.1 Å². The van der Waals surface area contributed by atoms with Gasteiger partial charge in [-0.05, 0) is 31.7 Å². The first kappa shape index (κ1) is 15.9. The smallest absolute Gasteiger partial charge is 0.0365 e. The molecule has 0 aliphatic heterocycles. The minimum atomic E-state index is -0.684. The Morgan fingerprint density at radius 2 is 1.68 bits per heavy atom. The normalized spacial score (nSPS) is 9.89. The number of rotatable bonds is 3. The van der Waals surface area contributed by atoms with E-state index in [1.165, 1.54) is 12.1 Å². The van der Waals surface area contributed by atoms with E-state index >= 15 is 0 Å². The quantitative estimate of drug-likeness (QED) is 0.605. The molecule has 98 valence electrons. The molecule has 0 saturated heterocycles. The number of benzene rings is 2. The van der Waals surface area contributed by atoms with Crippen LogP contribution in [0, 0.1) is 24.6 Å². The van der Waals surface area contributed by atoms with Crippen molar-refractivity contribution in [3.05, 3.63) is 59.7 Å². The summed E-state index contributed by atoms with van der Waals surface area (Å²) < 4.78 is 26.6. The first-order valence-electron chi connectivity index (χ1n) is 5.83. The topological polar surface area (TPSA) is 3.24 Å². The van der Waals surface area contributed by atoms with Gasteiger partial charge in [-0.15, -0.1) is 18.2 Å². The van der Waals surface area contributed by atoms with Crippen LogP contribution in [0.3, 0.4) is 0 Å². The van der Waals surface area contributed by atoms with Crippen LogP contribution in [-0.2, 0) is 21.7 Å². The zero-order valence-corrected chi connectivity index (χ0v) is 12.4. The van der Waals surface area contributed by atoms with Crippen LogP contribution in [0.2, 0.25) is 0 Å². The van der Waals surface area contributed by atoms with Gasteiger partial charge in [-0.2, -0.15) is 0 Å². The van der Waals surface area contributed by atoms with E-state index < -0.39 is 11.6 Å². The summed E-state index contributed by atoms with van der Waals surface area (Å²) in [6, 6.07) is 12.5. The third-order valence-electron chi connectivity index (χ3n) is 2.79. The molecule has 2 rings (SSSR count). The predicted molar refractivity (Wildman–Crippen MR) is 69.1 cm³/mol. The number of nitrogens with zero attached hydrogens (tertiary/aromatic N) is 1. The van der Waals surface area contributed by atoms with E-state index in [9.17, 15) is 8.78 Å². The van der Waals surface area contributed by atoms with Crippen LogP contribution in [0.15, 0.2) is 36.4 Å². The summed E-state index contributed by atoms with van der Waals surface area (Å²) in [5, 5.41) is 0. The molecule has 0 heterocycles. The van der Waals surface area contributed by atoms with Crippen molar-refractivity contribution in [2.24, 2.45) is 0 Å². The minimum Gasteiger partial charge on any atom is -0.393 e. The second kappa shape index (κ2) is 6.83. The SMILES string of the molecule is CCN(c1ccc(C)cc1)c1ccc(F)[c-]c1F.[Ti]. The van der Waals surface area contributed by atoms with Gasteiger partial charge in [0.2, 0.25) is 0 Å². The Hall–Kier alpha value is -1.19. The van der Waals surface area contributed by atoms with E-state index in [-0.39, 0.29) is 21.7 Å². The fourth-order valence-corrected chi connectivity index (χ4v) is 1.86. The Kier molecular flexibility index (Phi) is 5.70. The Balaban J connectivity index is 0.00000180. The summed E-state index contributed by atoms with van der Waals surface area (Å²) in [5.41, 5.74) is 2.35. The molecule has 0 bridgehead atoms. The van der Waals surface area contributed by atoms with Gasteiger partial charge in [0.05, 0.1) is 0 Å². The molecular weight excluding hydrogens is 280 g/mol. The van der Waals surface area contributed by atoms with Crippen molar-refractivity contribution < 1.29 is 30.5 Å². The number of halogens is 2. The summed E-state index contributed by atoms with van der Waals surface area (Å²) in [7, 11) is 0. The number of hydrogen-bond donors (Lipinski definition) is 0. The predicted octanol–water partition coefficient (Wildman–Crippen LogP) is 4.23. The monoisotopic (exact) mass is 294 g/mol. The maximum Gasteiger partial charge on any atom is 0.0365 e. The van der Waals surface area contributed by atoms with Crippen molar-refractivity contribution >= 4 is 11.4 Å². The van der Waals surface area contributed by atoms with Crippen LogP contribution >= 0.6 is 0 Å². The van der Waals surface area contributed by atoms with Gasteiger partial charge >= 0.3 is 0 Å². The zero-order valence-electron chi connectivity index (χ0n) is 10.9. The van der Waals surface area contributed by atoms with Gasteiger partial charge in [0, 0.05) is 45.6 Å². The largest absolute Gasteiger partial charge is 0.393 e. The number of hydrogen-bond acceptors (Lipinski definition) is 1. The van der Waals surface area contributed by atoms with Gasteiger partial charge in [0.25, 0.3) is 0 Å². The van der Waals surface area contributed by atoms with Gasteiger partial charge in [0.1, 0.15) is 0 Å². The molecule has 0 spiro atoms. The third-order valence-corrected chi connectivity index (χ3v) is 2.79. The molecule has 0 saturated carbocycles. The van der Waals surface area contributed by atoms with Gasteiger partial charge in [-0.3, -0.25) is 0 Å². The summed E-state index contributed by atoms with van der Waals surface area (Å²) in [4.78, 5) is 1.78. The number of anilines is 2. The fraction of sp³-hybridized carbons (Fsp3) is 0.200. The van der Waals surface area contributed by atoms with E-state index in [0.717, 1.165) is 11.3 Å². The van der Waals surface area contributed by atoms with E-state index in [4.69, 9.17) is 0 Å². The molecule has 0 aromatic heterocycles. The molecule has 0 aliphatic rings. The standard InChI is InChI=1S/C15H14F2N.Ti/c1-3-18(13-7-4-11(2)5-8-13)15-9-6-12(16)10-14(15)17;/h4-9H,3H2,1-2H3;/q-1;. The van der Waals surface area contributed by atoms with Crippen molar-refractivity contribution in [3.8, 4) is 0 Å². The van der Waals surface area contributed by atoms with E-state index in [1.54, 1.807) is 4.90 Å². The Bertz CT molecular complexity index is 540. The van der Waals surface area contributed by atoms with Crippen LogP contribution in [-0.4, -0.2) is 6.54 Å². The molecule has 0 fully saturated rings. The first-order chi connectivity index (χ1) is 8.61. The summed E-state index contributed by atoms with van der Waals surface area (Å²) >= 11 is 0. The molecule has 1 nitrogen and oxygen atoms in total. The van der Waals surface area contributed by atoms with Crippen LogP contribution in [0.4, 0.5) is 20.2 Å². The average Bonchev–Trinajstić information content (AvgIpc) is 2.35. The second-order valence-electron chi connectivity index (χ2n) is 4.09. The first-order valence-corrected chi connectivity index (χ1v) is 5.83. The van der Waals surface area contributed by atoms with Crippen LogP contribution in [0.25, 0.3) is 0 Å². The molecule has 0 unspecified atom stereocenters. The average molecular weight is 294 g/mol. The Morgan fingerprint density at radius 1 is 1.05 bits per heavy atom. The molecule has 4 heteroatoms. The summed E-state index contributed by atoms with van der Waals surface area (Å²) in [6.45, 7) is 4.51. The number of aryl methyl sites for hydroxylation is 1. The van der Waals surface area contributed by atoms with Crippen LogP contribution in [0.1, 0.15) is 12.5 Å². The summed E-state index contributed by atoms with van der Waals surface area (Å²) in [6.07, 6.45) is 0. The molecule has 0 N–H and O–H groups in total. The van der Waals surface area contributed by atoms with Crippen molar-refractivity contribution in [3.63, 3.8) is 0 Å². The second-order valence-corrected chi connectivity index (χ2v) is 4.09. The van der Waals surface area contributed by atoms with Crippen molar-refractivity contribution in [1.82, 2.24) is 0 Å². The minimum absolute atomic E-state index is 0. The maximum atomic E-state index is 13.7. The van der Waals surface area contributed by atoms with Crippen LogP contribution in [0.5, 0.6) is 0 Å². The van der Waals surface area contributed by atoms with E-state index in [0.29, 0.717) is 12.2 Å². The molecule has 0 aliphatic carbocycles. The molecular formula is C15H14F2NTi-.